The molecular formula is C10H10ClO3-. The van der Waals surface area contributed by atoms with E-state index < -0.39 is 16.8 Å². The van der Waals surface area contributed by atoms with Crippen molar-refractivity contribution < 1.29 is 14.6 Å². The second kappa shape index (κ2) is 3.41. The van der Waals surface area contributed by atoms with Crippen LogP contribution in [0.1, 0.15) is 6.42 Å². The van der Waals surface area contributed by atoms with Gasteiger partial charge in [-0.15, -0.1) is 11.6 Å². The average Bonchev–Trinajstić information content (AvgIpc) is 2.87. The van der Waals surface area contributed by atoms with E-state index in [1.807, 2.05) is 0 Å². The Morgan fingerprint density at radius 2 is 2.36 bits per heavy atom. The van der Waals surface area contributed by atoms with Gasteiger partial charge in [-0.05, 0) is 6.42 Å². The highest BCUT2D eigenvalue weighted by Crippen LogP contribution is 2.38. The minimum Gasteiger partial charge on any atom is -0.549 e. The minimum atomic E-state index is -1.14. The fraction of sp³-hybridized carbons (Fsp3) is 0.500. The summed E-state index contributed by atoms with van der Waals surface area (Å²) in [5.74, 6) is -1.90. The van der Waals surface area contributed by atoms with E-state index in [1.54, 1.807) is 24.3 Å². The van der Waals surface area contributed by atoms with E-state index in [2.05, 4.69) is 0 Å². The number of aliphatic carboxylic acids is 1. The normalized spacial score (nSPS) is 39.8. The summed E-state index contributed by atoms with van der Waals surface area (Å²) in [6, 6.07) is 0. The van der Waals surface area contributed by atoms with Crippen molar-refractivity contribution in [1.29, 1.82) is 0 Å². The lowest BCUT2D eigenvalue weighted by Crippen LogP contribution is -2.44. The monoisotopic (exact) mass is 213 g/mol. The molecule has 76 valence electrons. The molecule has 1 heterocycles. The Morgan fingerprint density at radius 1 is 1.64 bits per heavy atom. The maximum Gasteiger partial charge on any atom is 0.0830 e. The number of carbonyl (C=O) groups is 1. The van der Waals surface area contributed by atoms with Crippen molar-refractivity contribution in [2.45, 2.75) is 17.4 Å². The molecule has 3 nitrogen and oxygen atoms in total. The smallest absolute Gasteiger partial charge is 0.0830 e. The van der Waals surface area contributed by atoms with Crippen molar-refractivity contribution in [2.24, 2.45) is 5.92 Å². The van der Waals surface area contributed by atoms with Gasteiger partial charge in [0, 0.05) is 5.92 Å². The van der Waals surface area contributed by atoms with Crippen molar-refractivity contribution in [3.63, 3.8) is 0 Å². The zero-order valence-electron chi connectivity index (χ0n) is 7.48. The van der Waals surface area contributed by atoms with E-state index in [4.69, 9.17) is 16.3 Å². The van der Waals surface area contributed by atoms with Gasteiger partial charge in [-0.3, -0.25) is 0 Å². The molecule has 0 aromatic heterocycles. The second-order valence-electron chi connectivity index (χ2n) is 3.63. The Morgan fingerprint density at radius 3 is 2.93 bits per heavy atom. The number of allylic oxidation sites excluding steroid dienone is 3. The van der Waals surface area contributed by atoms with Crippen LogP contribution in [0.3, 0.4) is 0 Å². The van der Waals surface area contributed by atoms with Crippen LogP contribution >= 0.6 is 11.6 Å². The van der Waals surface area contributed by atoms with Crippen LogP contribution in [0.2, 0.25) is 0 Å². The number of halogens is 1. The Labute approximate surface area is 87.0 Å². The number of epoxide rings is 1. The van der Waals surface area contributed by atoms with Crippen LogP contribution in [0.25, 0.3) is 0 Å². The summed E-state index contributed by atoms with van der Waals surface area (Å²) >= 11 is 6.23. The molecule has 0 saturated carbocycles. The topological polar surface area (TPSA) is 52.7 Å². The molecule has 1 aliphatic carbocycles. The highest BCUT2D eigenvalue weighted by molar-refractivity contribution is 6.27. The van der Waals surface area contributed by atoms with Gasteiger partial charge in [-0.1, -0.05) is 24.3 Å². The van der Waals surface area contributed by atoms with Crippen LogP contribution in [0, 0.1) is 5.92 Å². The third-order valence-electron chi connectivity index (χ3n) is 2.50. The number of carboxylic acid groups (broad SMARTS) is 1. The largest absolute Gasteiger partial charge is 0.549 e. The molecule has 0 aromatic rings. The summed E-state index contributed by atoms with van der Waals surface area (Å²) in [4.78, 5) is 9.97. The first-order valence-corrected chi connectivity index (χ1v) is 4.87. The zero-order valence-corrected chi connectivity index (χ0v) is 8.24. The highest BCUT2D eigenvalue weighted by atomic mass is 35.5. The average molecular weight is 214 g/mol. The molecule has 0 bridgehead atoms. The summed E-state index contributed by atoms with van der Waals surface area (Å²) in [6.45, 7) is 0.672. The molecule has 0 aromatic carbocycles. The predicted octanol–water partition coefficient (Wildman–Crippen LogP) is 0.245. The van der Waals surface area contributed by atoms with Gasteiger partial charge < -0.3 is 14.6 Å². The molecular weight excluding hydrogens is 204 g/mol. The van der Waals surface area contributed by atoms with Crippen molar-refractivity contribution in [3.05, 3.63) is 24.3 Å². The van der Waals surface area contributed by atoms with E-state index in [1.165, 1.54) is 0 Å². The fourth-order valence-electron chi connectivity index (χ4n) is 1.66. The van der Waals surface area contributed by atoms with Crippen LogP contribution in [-0.2, 0) is 9.53 Å². The first-order chi connectivity index (χ1) is 6.62. The van der Waals surface area contributed by atoms with Crippen LogP contribution in [-0.4, -0.2) is 23.6 Å². The molecule has 3 atom stereocenters. The Balaban J connectivity index is 2.16. The van der Waals surface area contributed by atoms with Crippen LogP contribution in [0.5, 0.6) is 0 Å². The van der Waals surface area contributed by atoms with Gasteiger partial charge in [0.25, 0.3) is 0 Å². The van der Waals surface area contributed by atoms with Gasteiger partial charge in [0.15, 0.2) is 0 Å². The van der Waals surface area contributed by atoms with E-state index in [-0.39, 0.29) is 6.10 Å². The summed E-state index contributed by atoms with van der Waals surface area (Å²) < 4.78 is 5.05. The number of carboxylic acids is 1. The van der Waals surface area contributed by atoms with Gasteiger partial charge in [0.2, 0.25) is 0 Å². The molecule has 1 saturated heterocycles. The fourth-order valence-corrected chi connectivity index (χ4v) is 2.07. The van der Waals surface area contributed by atoms with E-state index in [9.17, 15) is 9.90 Å². The van der Waals surface area contributed by atoms with Gasteiger partial charge in [-0.2, -0.15) is 0 Å². The first kappa shape index (κ1) is 9.74. The first-order valence-electron chi connectivity index (χ1n) is 4.49. The van der Waals surface area contributed by atoms with Crippen molar-refractivity contribution in [3.8, 4) is 0 Å². The third kappa shape index (κ3) is 1.83. The maximum absolute atomic E-state index is 10.9. The van der Waals surface area contributed by atoms with Gasteiger partial charge in [-0.25, -0.2) is 0 Å². The number of hydrogen-bond acceptors (Lipinski definition) is 3. The van der Waals surface area contributed by atoms with E-state index >= 15 is 0 Å². The standard InChI is InChI=1S/C10H11ClO3/c11-10(5-7-6-14-7)4-2-1-3-8(10)9(12)13/h1-4,7-8H,5-6H2,(H,12,13)/p-1. The van der Waals surface area contributed by atoms with Crippen molar-refractivity contribution in [1.82, 2.24) is 0 Å². The zero-order chi connectivity index (χ0) is 10.2. The lowest BCUT2D eigenvalue weighted by Gasteiger charge is -2.33. The molecule has 0 N–H and O–H groups in total. The Hall–Kier alpha value is -0.800. The van der Waals surface area contributed by atoms with Crippen LogP contribution in [0.4, 0.5) is 0 Å². The van der Waals surface area contributed by atoms with Crippen LogP contribution < -0.4 is 5.11 Å². The summed E-state index contributed by atoms with van der Waals surface area (Å²) in [5.41, 5.74) is 0. The second-order valence-corrected chi connectivity index (χ2v) is 4.33. The molecule has 1 fully saturated rings. The molecule has 0 spiro atoms. The minimum absolute atomic E-state index is 0.102. The third-order valence-corrected chi connectivity index (χ3v) is 3.02. The molecule has 4 heteroatoms. The van der Waals surface area contributed by atoms with Gasteiger partial charge in [0.05, 0.1) is 23.6 Å². The molecule has 14 heavy (non-hydrogen) atoms. The number of rotatable bonds is 3. The molecule has 1 aliphatic heterocycles. The number of hydrogen-bond donors (Lipinski definition) is 0. The quantitative estimate of drug-likeness (QED) is 0.499. The Bertz CT molecular complexity index is 306. The van der Waals surface area contributed by atoms with Crippen molar-refractivity contribution >= 4 is 17.6 Å². The van der Waals surface area contributed by atoms with E-state index in [0.717, 1.165) is 0 Å². The maximum atomic E-state index is 10.9. The van der Waals surface area contributed by atoms with Gasteiger partial charge >= 0.3 is 0 Å². The van der Waals surface area contributed by atoms with Gasteiger partial charge in [0.1, 0.15) is 0 Å². The SMILES string of the molecule is O=C([O-])C1C=CC=CC1(Cl)CC1CO1. The Kier molecular flexibility index (Phi) is 2.37. The number of carbonyl (C=O) groups excluding carboxylic acids is 1. The molecule has 0 amide bonds. The molecule has 0 radical (unpaired) electrons. The van der Waals surface area contributed by atoms with Crippen molar-refractivity contribution in [2.75, 3.05) is 6.61 Å². The molecule has 2 aliphatic rings. The summed E-state index contributed by atoms with van der Waals surface area (Å²) in [5, 5.41) is 10.9. The lowest BCUT2D eigenvalue weighted by atomic mass is 9.84. The number of ether oxygens (including phenoxy) is 1. The van der Waals surface area contributed by atoms with E-state index in [0.29, 0.717) is 13.0 Å². The predicted molar refractivity (Wildman–Crippen MR) is 49.7 cm³/mol. The van der Waals surface area contributed by atoms with Crippen LogP contribution in [0.15, 0.2) is 24.3 Å². The molecule has 2 rings (SSSR count). The molecule has 3 unspecified atom stereocenters. The summed E-state index contributed by atoms with van der Waals surface area (Å²) in [6.07, 6.45) is 7.32. The highest BCUT2D eigenvalue weighted by Gasteiger charge is 2.41. The lowest BCUT2D eigenvalue weighted by molar-refractivity contribution is -0.310. The summed E-state index contributed by atoms with van der Waals surface area (Å²) in [7, 11) is 0. The number of alkyl halides is 1.